The number of hydrogen-bond donors (Lipinski definition) is 1. The van der Waals surface area contributed by atoms with Gasteiger partial charge in [-0.25, -0.2) is 4.39 Å². The van der Waals surface area contributed by atoms with Crippen molar-refractivity contribution in [1.82, 2.24) is 4.90 Å². The molecule has 1 aromatic rings. The van der Waals surface area contributed by atoms with E-state index in [0.29, 0.717) is 24.9 Å². The van der Waals surface area contributed by atoms with Crippen LogP contribution in [0.4, 0.5) is 23.2 Å². The van der Waals surface area contributed by atoms with Gasteiger partial charge in [0.2, 0.25) is 0 Å². The normalized spacial score (nSPS) is 24.8. The molecule has 1 saturated carbocycles. The van der Waals surface area contributed by atoms with E-state index in [0.717, 1.165) is 45.0 Å². The molecule has 1 aromatic carbocycles. The highest BCUT2D eigenvalue weighted by Gasteiger charge is 2.35. The Morgan fingerprint density at radius 1 is 1.04 bits per heavy atom. The largest absolute Gasteiger partial charge is 0.419 e. The van der Waals surface area contributed by atoms with Crippen LogP contribution in [0.1, 0.15) is 37.7 Å². The third kappa shape index (κ3) is 5.00. The van der Waals surface area contributed by atoms with Gasteiger partial charge in [0.25, 0.3) is 0 Å². The Morgan fingerprint density at radius 2 is 1.70 bits per heavy atom. The van der Waals surface area contributed by atoms with Crippen LogP contribution >= 0.6 is 0 Å². The molecule has 0 radical (unpaired) electrons. The fourth-order valence-corrected chi connectivity index (χ4v) is 4.20. The Hall–Kier alpha value is -1.63. The number of piperazine rings is 1. The van der Waals surface area contributed by atoms with Crippen molar-refractivity contribution < 1.29 is 17.6 Å². The second-order valence-electron chi connectivity index (χ2n) is 7.70. The van der Waals surface area contributed by atoms with Gasteiger partial charge in [0.15, 0.2) is 5.82 Å². The Morgan fingerprint density at radius 3 is 2.30 bits per heavy atom. The molecule has 1 aliphatic heterocycles. The molecule has 1 N–H and O–H groups in total. The molecule has 1 saturated heterocycles. The van der Waals surface area contributed by atoms with E-state index in [2.05, 4.69) is 4.90 Å². The van der Waals surface area contributed by atoms with Crippen LogP contribution in [0, 0.1) is 23.1 Å². The molecule has 3 nitrogen and oxygen atoms in total. The van der Waals surface area contributed by atoms with Crippen LogP contribution in [-0.4, -0.2) is 43.8 Å². The van der Waals surface area contributed by atoms with Gasteiger partial charge in [0.05, 0.1) is 11.3 Å². The van der Waals surface area contributed by atoms with Crippen molar-refractivity contribution in [2.75, 3.05) is 37.6 Å². The first-order valence-corrected chi connectivity index (χ1v) is 9.72. The number of anilines is 1. The standard InChI is InChI=1S/C20H27F4N3/c21-19-17(20(22,23)24)2-1-3-18(19)27-12-10-26(11-13-27)9-8-15-4-6-16(14-25)7-5-15/h1-3,14-16,25H,4-13H2. The van der Waals surface area contributed by atoms with Crippen molar-refractivity contribution in [1.29, 1.82) is 5.41 Å². The minimum absolute atomic E-state index is 0.0504. The van der Waals surface area contributed by atoms with Crippen molar-refractivity contribution in [2.45, 2.75) is 38.3 Å². The summed E-state index contributed by atoms with van der Waals surface area (Å²) in [6.07, 6.45) is 2.60. The molecule has 2 aliphatic rings. The second kappa shape index (κ2) is 8.59. The van der Waals surface area contributed by atoms with Gasteiger partial charge in [0.1, 0.15) is 0 Å². The van der Waals surface area contributed by atoms with Crippen molar-refractivity contribution in [3.63, 3.8) is 0 Å². The fourth-order valence-electron chi connectivity index (χ4n) is 4.20. The number of benzene rings is 1. The molecule has 3 rings (SSSR count). The number of hydrogen-bond acceptors (Lipinski definition) is 3. The topological polar surface area (TPSA) is 30.3 Å². The lowest BCUT2D eigenvalue weighted by Crippen LogP contribution is -2.47. The van der Waals surface area contributed by atoms with Gasteiger partial charge in [-0.2, -0.15) is 13.2 Å². The SMILES string of the molecule is N=CC1CCC(CCN2CCN(c3cccc(C(F)(F)F)c3F)CC2)CC1. The maximum atomic E-state index is 14.3. The predicted octanol–water partition coefficient (Wildman–Crippen LogP) is 4.81. The zero-order valence-corrected chi connectivity index (χ0v) is 15.4. The van der Waals surface area contributed by atoms with Crippen molar-refractivity contribution in [3.8, 4) is 0 Å². The number of nitrogens with one attached hydrogen (secondary N) is 1. The molecule has 0 bridgehead atoms. The van der Waals surface area contributed by atoms with Crippen molar-refractivity contribution >= 4 is 11.9 Å². The summed E-state index contributed by atoms with van der Waals surface area (Å²) in [7, 11) is 0. The molecular formula is C20H27F4N3. The summed E-state index contributed by atoms with van der Waals surface area (Å²) in [4.78, 5) is 4.04. The molecule has 0 unspecified atom stereocenters. The molecule has 2 fully saturated rings. The lowest BCUT2D eigenvalue weighted by atomic mass is 9.81. The molecule has 27 heavy (non-hydrogen) atoms. The van der Waals surface area contributed by atoms with Crippen molar-refractivity contribution in [2.24, 2.45) is 11.8 Å². The third-order valence-corrected chi connectivity index (χ3v) is 5.98. The van der Waals surface area contributed by atoms with E-state index in [1.54, 1.807) is 11.1 Å². The molecule has 1 heterocycles. The van der Waals surface area contributed by atoms with Crippen LogP contribution in [0.2, 0.25) is 0 Å². The van der Waals surface area contributed by atoms with Gasteiger partial charge in [-0.1, -0.05) is 6.07 Å². The smallest absolute Gasteiger partial charge is 0.367 e. The van der Waals surface area contributed by atoms with Gasteiger partial charge < -0.3 is 10.3 Å². The van der Waals surface area contributed by atoms with Gasteiger partial charge >= 0.3 is 6.18 Å². The Bertz CT molecular complexity index is 631. The predicted molar refractivity (Wildman–Crippen MR) is 98.9 cm³/mol. The average molecular weight is 385 g/mol. The minimum atomic E-state index is -4.67. The molecule has 7 heteroatoms. The Kier molecular flexibility index (Phi) is 6.40. The minimum Gasteiger partial charge on any atom is -0.367 e. The maximum absolute atomic E-state index is 14.3. The van der Waals surface area contributed by atoms with E-state index < -0.39 is 17.6 Å². The van der Waals surface area contributed by atoms with E-state index >= 15 is 0 Å². The van der Waals surface area contributed by atoms with Crippen molar-refractivity contribution in [3.05, 3.63) is 29.6 Å². The number of halogens is 4. The van der Waals surface area contributed by atoms with E-state index in [-0.39, 0.29) is 5.69 Å². The summed E-state index contributed by atoms with van der Waals surface area (Å²) in [5.74, 6) is -0.00583. The van der Waals surface area contributed by atoms with E-state index in [1.165, 1.54) is 25.0 Å². The highest BCUT2D eigenvalue weighted by Crippen LogP contribution is 2.35. The highest BCUT2D eigenvalue weighted by molar-refractivity contribution is 5.56. The zero-order chi connectivity index (χ0) is 19.4. The van der Waals surface area contributed by atoms with Gasteiger partial charge in [0, 0.05) is 26.2 Å². The van der Waals surface area contributed by atoms with E-state index in [9.17, 15) is 17.6 Å². The lowest BCUT2D eigenvalue weighted by molar-refractivity contribution is -0.139. The lowest BCUT2D eigenvalue weighted by Gasteiger charge is -2.37. The summed E-state index contributed by atoms with van der Waals surface area (Å²) >= 11 is 0. The number of rotatable bonds is 5. The maximum Gasteiger partial charge on any atom is 0.419 e. The van der Waals surface area contributed by atoms with Gasteiger partial charge in [-0.15, -0.1) is 0 Å². The molecule has 1 aliphatic carbocycles. The van der Waals surface area contributed by atoms with Crippen LogP contribution in [0.15, 0.2) is 18.2 Å². The molecule has 0 atom stereocenters. The summed E-state index contributed by atoms with van der Waals surface area (Å²) in [6, 6.07) is 3.50. The zero-order valence-electron chi connectivity index (χ0n) is 15.4. The number of alkyl halides is 3. The first kappa shape index (κ1) is 20.1. The molecule has 0 spiro atoms. The van der Waals surface area contributed by atoms with Crippen LogP contribution in [0.3, 0.4) is 0 Å². The van der Waals surface area contributed by atoms with Gasteiger partial charge in [-0.3, -0.25) is 4.90 Å². The van der Waals surface area contributed by atoms with Crippen LogP contribution in [-0.2, 0) is 6.18 Å². The Balaban J connectivity index is 1.49. The molecular weight excluding hydrogens is 358 g/mol. The van der Waals surface area contributed by atoms with Crippen LogP contribution in [0.5, 0.6) is 0 Å². The summed E-state index contributed by atoms with van der Waals surface area (Å²) in [6.45, 7) is 3.55. The Labute approximate surface area is 157 Å². The first-order valence-electron chi connectivity index (χ1n) is 9.72. The molecule has 0 amide bonds. The number of nitrogens with zero attached hydrogens (tertiary/aromatic N) is 2. The molecule has 150 valence electrons. The quantitative estimate of drug-likeness (QED) is 0.582. The summed E-state index contributed by atoms with van der Waals surface area (Å²) < 4.78 is 53.0. The second-order valence-corrected chi connectivity index (χ2v) is 7.70. The monoisotopic (exact) mass is 385 g/mol. The van der Waals surface area contributed by atoms with E-state index in [4.69, 9.17) is 5.41 Å². The fraction of sp³-hybridized carbons (Fsp3) is 0.650. The van der Waals surface area contributed by atoms with E-state index in [1.807, 2.05) is 0 Å². The third-order valence-electron chi connectivity index (χ3n) is 5.98. The summed E-state index contributed by atoms with van der Waals surface area (Å²) in [5.41, 5.74) is -1.14. The average Bonchev–Trinajstić information content (AvgIpc) is 2.66. The van der Waals surface area contributed by atoms with Crippen LogP contribution < -0.4 is 4.90 Å². The first-order chi connectivity index (χ1) is 12.9. The van der Waals surface area contributed by atoms with Crippen LogP contribution in [0.25, 0.3) is 0 Å². The highest BCUT2D eigenvalue weighted by atomic mass is 19.4. The summed E-state index contributed by atoms with van der Waals surface area (Å²) in [5, 5.41) is 7.35. The van der Waals surface area contributed by atoms with Gasteiger partial charge in [-0.05, 0) is 68.8 Å². The molecule has 0 aromatic heterocycles.